The van der Waals surface area contributed by atoms with E-state index in [1.165, 1.54) is 11.3 Å². The first-order chi connectivity index (χ1) is 9.59. The molecule has 0 fully saturated rings. The molecule has 0 saturated carbocycles. The van der Waals surface area contributed by atoms with Crippen molar-refractivity contribution in [3.8, 4) is 0 Å². The van der Waals surface area contributed by atoms with Gasteiger partial charge in [0.05, 0.1) is 6.10 Å². The number of carbonyl (C=O) groups is 2. The lowest BCUT2D eigenvalue weighted by molar-refractivity contribution is -0.121. The second-order valence-corrected chi connectivity index (χ2v) is 5.42. The average molecular weight is 298 g/mol. The number of amides is 2. The van der Waals surface area contributed by atoms with Crippen LogP contribution in [0.5, 0.6) is 0 Å². The fourth-order valence-corrected chi connectivity index (χ4v) is 2.13. The molecule has 5 nitrogen and oxygen atoms in total. The van der Waals surface area contributed by atoms with E-state index in [0.29, 0.717) is 31.7 Å². The summed E-state index contributed by atoms with van der Waals surface area (Å²) in [5.74, 6) is -0.190. The van der Waals surface area contributed by atoms with Crippen LogP contribution in [-0.4, -0.2) is 37.6 Å². The van der Waals surface area contributed by atoms with Crippen LogP contribution in [0.1, 0.15) is 37.0 Å². The maximum Gasteiger partial charge on any atom is 0.252 e. The van der Waals surface area contributed by atoms with Crippen LogP contribution in [0.4, 0.5) is 0 Å². The van der Waals surface area contributed by atoms with Crippen molar-refractivity contribution in [1.29, 1.82) is 0 Å². The summed E-state index contributed by atoms with van der Waals surface area (Å²) in [5.41, 5.74) is 0.640. The molecule has 0 bridgehead atoms. The van der Waals surface area contributed by atoms with E-state index < -0.39 is 0 Å². The summed E-state index contributed by atoms with van der Waals surface area (Å²) in [4.78, 5) is 23.1. The third-order valence-electron chi connectivity index (χ3n) is 2.52. The number of ether oxygens (including phenoxy) is 1. The van der Waals surface area contributed by atoms with Crippen molar-refractivity contribution in [1.82, 2.24) is 10.6 Å². The van der Waals surface area contributed by atoms with Gasteiger partial charge in [0, 0.05) is 37.1 Å². The smallest absolute Gasteiger partial charge is 0.252 e. The second-order valence-electron chi connectivity index (χ2n) is 4.64. The molecule has 1 aromatic rings. The van der Waals surface area contributed by atoms with Crippen LogP contribution in [-0.2, 0) is 9.53 Å². The van der Waals surface area contributed by atoms with Gasteiger partial charge < -0.3 is 15.4 Å². The molecule has 1 rings (SSSR count). The van der Waals surface area contributed by atoms with Gasteiger partial charge in [0.25, 0.3) is 5.91 Å². The molecular formula is C14H22N2O3S. The molecule has 0 aliphatic carbocycles. The van der Waals surface area contributed by atoms with Gasteiger partial charge in [-0.15, -0.1) is 0 Å². The Balaban J connectivity index is 2.01. The number of carbonyl (C=O) groups excluding carboxylic acids is 2. The fourth-order valence-electron chi connectivity index (χ4n) is 1.49. The van der Waals surface area contributed by atoms with Crippen molar-refractivity contribution in [2.45, 2.75) is 32.8 Å². The second kappa shape index (κ2) is 9.50. The first-order valence-electron chi connectivity index (χ1n) is 6.78. The van der Waals surface area contributed by atoms with Crippen LogP contribution < -0.4 is 10.6 Å². The highest BCUT2D eigenvalue weighted by Crippen LogP contribution is 2.04. The standard InChI is InChI=1S/C14H22N2O3S/c1-11(2)19-8-3-6-15-13(17)4-7-16-14(18)12-5-9-20-10-12/h5,9-11H,3-4,6-8H2,1-2H3,(H,15,17)(H,16,18). The van der Waals surface area contributed by atoms with Crippen LogP contribution in [0.15, 0.2) is 16.8 Å². The minimum absolute atomic E-state index is 0.0554. The van der Waals surface area contributed by atoms with Crippen molar-refractivity contribution in [3.63, 3.8) is 0 Å². The van der Waals surface area contributed by atoms with E-state index in [-0.39, 0.29) is 17.9 Å². The largest absolute Gasteiger partial charge is 0.379 e. The molecular weight excluding hydrogens is 276 g/mol. The highest BCUT2D eigenvalue weighted by Gasteiger charge is 2.06. The molecule has 0 aromatic carbocycles. The fraction of sp³-hybridized carbons (Fsp3) is 0.571. The molecule has 0 aliphatic rings. The summed E-state index contributed by atoms with van der Waals surface area (Å²) in [6.07, 6.45) is 1.31. The van der Waals surface area contributed by atoms with E-state index in [2.05, 4.69) is 10.6 Å². The van der Waals surface area contributed by atoms with Gasteiger partial charge in [0.1, 0.15) is 0 Å². The minimum Gasteiger partial charge on any atom is -0.379 e. The molecule has 6 heteroatoms. The van der Waals surface area contributed by atoms with E-state index in [4.69, 9.17) is 4.74 Å². The van der Waals surface area contributed by atoms with E-state index in [1.807, 2.05) is 19.2 Å². The van der Waals surface area contributed by atoms with Gasteiger partial charge in [-0.2, -0.15) is 11.3 Å². The molecule has 1 heterocycles. The van der Waals surface area contributed by atoms with Crippen LogP contribution >= 0.6 is 11.3 Å². The third-order valence-corrected chi connectivity index (χ3v) is 3.20. The summed E-state index contributed by atoms with van der Waals surface area (Å²) in [7, 11) is 0. The Kier molecular flexibility index (Phi) is 7.91. The Morgan fingerprint density at radius 1 is 1.30 bits per heavy atom. The first kappa shape index (κ1) is 16.7. The Morgan fingerprint density at radius 2 is 2.10 bits per heavy atom. The van der Waals surface area contributed by atoms with Crippen molar-refractivity contribution < 1.29 is 14.3 Å². The zero-order valence-electron chi connectivity index (χ0n) is 12.0. The van der Waals surface area contributed by atoms with E-state index in [0.717, 1.165) is 6.42 Å². The van der Waals surface area contributed by atoms with Gasteiger partial charge in [-0.3, -0.25) is 9.59 Å². The Morgan fingerprint density at radius 3 is 2.75 bits per heavy atom. The molecule has 0 spiro atoms. The Hall–Kier alpha value is -1.40. The maximum atomic E-state index is 11.6. The molecule has 0 aliphatic heterocycles. The predicted octanol–water partition coefficient (Wildman–Crippen LogP) is 1.80. The molecule has 0 atom stereocenters. The zero-order valence-corrected chi connectivity index (χ0v) is 12.8. The molecule has 112 valence electrons. The van der Waals surface area contributed by atoms with Crippen molar-refractivity contribution in [2.24, 2.45) is 0 Å². The van der Waals surface area contributed by atoms with Crippen LogP contribution in [0, 0.1) is 0 Å². The van der Waals surface area contributed by atoms with Crippen molar-refractivity contribution >= 4 is 23.2 Å². The minimum atomic E-state index is -0.135. The quantitative estimate of drug-likeness (QED) is 0.683. The van der Waals surface area contributed by atoms with E-state index in [9.17, 15) is 9.59 Å². The monoisotopic (exact) mass is 298 g/mol. The topological polar surface area (TPSA) is 67.4 Å². The highest BCUT2D eigenvalue weighted by molar-refractivity contribution is 7.08. The van der Waals surface area contributed by atoms with Gasteiger partial charge in [-0.05, 0) is 31.7 Å². The number of nitrogens with one attached hydrogen (secondary N) is 2. The molecule has 2 N–H and O–H groups in total. The van der Waals surface area contributed by atoms with Crippen LogP contribution in [0.25, 0.3) is 0 Å². The van der Waals surface area contributed by atoms with Gasteiger partial charge in [-0.25, -0.2) is 0 Å². The average Bonchev–Trinajstić information content (AvgIpc) is 2.91. The summed E-state index contributed by atoms with van der Waals surface area (Å²) in [5, 5.41) is 9.14. The number of hydrogen-bond donors (Lipinski definition) is 2. The molecule has 0 unspecified atom stereocenters. The number of thiophene rings is 1. The first-order valence-corrected chi connectivity index (χ1v) is 7.72. The van der Waals surface area contributed by atoms with Gasteiger partial charge in [-0.1, -0.05) is 0 Å². The van der Waals surface area contributed by atoms with Gasteiger partial charge in [0.15, 0.2) is 0 Å². The highest BCUT2D eigenvalue weighted by atomic mass is 32.1. The lowest BCUT2D eigenvalue weighted by Gasteiger charge is -2.08. The lowest BCUT2D eigenvalue weighted by atomic mass is 10.3. The third kappa shape index (κ3) is 7.25. The SMILES string of the molecule is CC(C)OCCCNC(=O)CCNC(=O)c1ccsc1. The maximum absolute atomic E-state index is 11.6. The van der Waals surface area contributed by atoms with Gasteiger partial charge in [0.2, 0.25) is 5.91 Å². The van der Waals surface area contributed by atoms with Gasteiger partial charge >= 0.3 is 0 Å². The Bertz CT molecular complexity index is 405. The molecule has 0 saturated heterocycles. The van der Waals surface area contributed by atoms with Crippen LogP contribution in [0.2, 0.25) is 0 Å². The molecule has 2 amide bonds. The molecule has 1 aromatic heterocycles. The predicted molar refractivity (Wildman–Crippen MR) is 80.0 cm³/mol. The number of rotatable bonds is 9. The lowest BCUT2D eigenvalue weighted by Crippen LogP contribution is -2.31. The summed E-state index contributed by atoms with van der Waals surface area (Å²) < 4.78 is 5.37. The summed E-state index contributed by atoms with van der Waals surface area (Å²) in [6.45, 7) is 5.56. The van der Waals surface area contributed by atoms with E-state index >= 15 is 0 Å². The van der Waals surface area contributed by atoms with Crippen LogP contribution in [0.3, 0.4) is 0 Å². The summed E-state index contributed by atoms with van der Waals surface area (Å²) >= 11 is 1.47. The normalized spacial score (nSPS) is 10.6. The summed E-state index contributed by atoms with van der Waals surface area (Å²) in [6, 6.07) is 1.76. The van der Waals surface area contributed by atoms with Crippen molar-refractivity contribution in [2.75, 3.05) is 19.7 Å². The Labute approximate surface area is 123 Å². The number of hydrogen-bond acceptors (Lipinski definition) is 4. The van der Waals surface area contributed by atoms with E-state index in [1.54, 1.807) is 11.4 Å². The van der Waals surface area contributed by atoms with Crippen molar-refractivity contribution in [3.05, 3.63) is 22.4 Å². The zero-order chi connectivity index (χ0) is 14.8. The molecule has 0 radical (unpaired) electrons. The molecule has 20 heavy (non-hydrogen) atoms.